The lowest BCUT2D eigenvalue weighted by Crippen LogP contribution is -2.31. The van der Waals surface area contributed by atoms with Gasteiger partial charge in [-0.05, 0) is 68.5 Å². The molecule has 1 aromatic carbocycles. The summed E-state index contributed by atoms with van der Waals surface area (Å²) >= 11 is 0. The van der Waals surface area contributed by atoms with Crippen molar-refractivity contribution in [2.45, 2.75) is 74.3 Å². The van der Waals surface area contributed by atoms with Crippen molar-refractivity contribution >= 4 is 41.0 Å². The zero-order chi connectivity index (χ0) is 39.8. The molecule has 12 nitrogen and oxygen atoms in total. The Kier molecular flexibility index (Phi) is 22.9. The van der Waals surface area contributed by atoms with Gasteiger partial charge in [0, 0.05) is 44.1 Å². The molecule has 3 rings (SSSR count). The average molecular weight is 718 g/mol. The Labute approximate surface area is 310 Å². The summed E-state index contributed by atoms with van der Waals surface area (Å²) in [4.78, 5) is 45.4. The Morgan fingerprint density at radius 2 is 1.79 bits per heavy atom. The highest BCUT2D eigenvalue weighted by molar-refractivity contribution is 6.45. The van der Waals surface area contributed by atoms with E-state index in [1.54, 1.807) is 56.3 Å². The van der Waals surface area contributed by atoms with E-state index in [0.29, 0.717) is 34.7 Å². The second kappa shape index (κ2) is 25.6. The van der Waals surface area contributed by atoms with Gasteiger partial charge >= 0.3 is 0 Å². The molecule has 0 atom stereocenters. The van der Waals surface area contributed by atoms with Crippen LogP contribution in [0.1, 0.15) is 76.3 Å². The number of aliphatic imine (C=N–C) groups is 1. The standard InChI is InChI=1S/C31H37N7O4.C4H8.C3H8.C2H6O/c1-8-22(11-9-21(4)31(41)38(6)17-23-15-19(2)13-14-35-23)27-20(3)10-12-24(29(27)42-7)37-25(16-26(32)36-18-39)28(33)30(40)34-5;1-4-2-3-4;1-3-2;1-2-3/h8-16,18,33,37H,1,17H2,2-7H3,(H,34,40)(H2,32,36,39);4H,2-3H2,1H3;3H2,1-2H3;3H,2H2,1H3/b21-9+,22-11+,25-16+,33-28?;;;. The number of aliphatic hydroxyl groups is 1. The number of nitrogens with one attached hydrogen (secondary N) is 3. The summed E-state index contributed by atoms with van der Waals surface area (Å²) in [5.41, 5.74) is 10.3. The lowest BCUT2D eigenvalue weighted by molar-refractivity contribution is -0.126. The second-order valence-corrected chi connectivity index (χ2v) is 12.0. The molecule has 1 aliphatic rings. The SMILES string of the molecule is C=C/C(=C\C=C(/C)C(=O)N(C)Cc1cc(C)ccn1)c1c(C)ccc(N/C(=C/C(N)=NC=O)C(=N)C(=O)NC)c1OC.CC1CC1.CCC.CCO. The van der Waals surface area contributed by atoms with Crippen molar-refractivity contribution in [3.05, 3.63) is 95.0 Å². The number of hydrogen-bond acceptors (Lipinski definition) is 8. The average Bonchev–Trinajstić information content (AvgIpc) is 3.90. The highest BCUT2D eigenvalue weighted by Crippen LogP contribution is 2.37. The first-order valence-corrected chi connectivity index (χ1v) is 17.2. The number of pyridine rings is 1. The Hall–Kier alpha value is -5.36. The zero-order valence-electron chi connectivity index (χ0n) is 32.6. The molecule has 0 radical (unpaired) electrons. The third kappa shape index (κ3) is 17.0. The van der Waals surface area contributed by atoms with E-state index < -0.39 is 11.6 Å². The third-order valence-corrected chi connectivity index (χ3v) is 7.00. The van der Waals surface area contributed by atoms with Gasteiger partial charge in [0.1, 0.15) is 17.3 Å². The fourth-order valence-electron chi connectivity index (χ4n) is 4.17. The molecular weight excluding hydrogens is 658 g/mol. The van der Waals surface area contributed by atoms with E-state index >= 15 is 0 Å². The first-order valence-electron chi connectivity index (χ1n) is 17.2. The van der Waals surface area contributed by atoms with Crippen molar-refractivity contribution in [3.8, 4) is 5.75 Å². The molecule has 0 saturated heterocycles. The van der Waals surface area contributed by atoms with Crippen LogP contribution >= 0.6 is 0 Å². The van der Waals surface area contributed by atoms with Gasteiger partial charge in [-0.3, -0.25) is 24.8 Å². The number of anilines is 1. The molecule has 1 fully saturated rings. The third-order valence-electron chi connectivity index (χ3n) is 7.00. The van der Waals surface area contributed by atoms with Gasteiger partial charge in [-0.25, -0.2) is 0 Å². The quantitative estimate of drug-likeness (QED) is 0.0527. The second-order valence-electron chi connectivity index (χ2n) is 12.0. The maximum Gasteiger partial charge on any atom is 0.271 e. The number of allylic oxidation sites excluding steroid dienone is 4. The highest BCUT2D eigenvalue weighted by atomic mass is 16.5. The molecule has 0 unspecified atom stereocenters. The van der Waals surface area contributed by atoms with Crippen LogP contribution in [-0.2, 0) is 20.9 Å². The topological polar surface area (TPSA) is 183 Å². The van der Waals surface area contributed by atoms with Crippen LogP contribution in [0.3, 0.4) is 0 Å². The highest BCUT2D eigenvalue weighted by Gasteiger charge is 2.20. The van der Waals surface area contributed by atoms with E-state index in [-0.39, 0.29) is 30.5 Å². The van der Waals surface area contributed by atoms with E-state index in [2.05, 4.69) is 48.0 Å². The smallest absolute Gasteiger partial charge is 0.271 e. The van der Waals surface area contributed by atoms with Crippen molar-refractivity contribution in [1.82, 2.24) is 15.2 Å². The zero-order valence-corrected chi connectivity index (χ0v) is 32.6. The molecule has 3 amide bonds. The summed E-state index contributed by atoms with van der Waals surface area (Å²) in [7, 11) is 4.59. The first-order chi connectivity index (χ1) is 24.7. The van der Waals surface area contributed by atoms with Crippen LogP contribution in [0.4, 0.5) is 5.69 Å². The van der Waals surface area contributed by atoms with Crippen molar-refractivity contribution in [1.29, 1.82) is 5.41 Å². The Balaban J connectivity index is 0.00000228. The Morgan fingerprint density at radius 1 is 1.19 bits per heavy atom. The number of carbonyl (C=O) groups excluding carboxylic acids is 3. The molecule has 12 heteroatoms. The lowest BCUT2D eigenvalue weighted by Gasteiger charge is -2.20. The molecular formula is C40H59N7O5. The summed E-state index contributed by atoms with van der Waals surface area (Å²) in [5, 5.41) is 21.2. The van der Waals surface area contributed by atoms with Crippen molar-refractivity contribution in [2.24, 2.45) is 16.6 Å². The number of amidine groups is 1. The lowest BCUT2D eigenvalue weighted by atomic mass is 9.97. The summed E-state index contributed by atoms with van der Waals surface area (Å²) in [6, 6.07) is 7.38. The van der Waals surface area contributed by atoms with E-state index in [4.69, 9.17) is 21.0 Å². The Bertz CT molecular complexity index is 1620. The maximum atomic E-state index is 13.1. The van der Waals surface area contributed by atoms with Crippen LogP contribution in [0.2, 0.25) is 0 Å². The summed E-state index contributed by atoms with van der Waals surface area (Å²) in [6.07, 6.45) is 12.5. The number of methoxy groups -OCH3 is 1. The molecule has 1 aliphatic carbocycles. The van der Waals surface area contributed by atoms with Crippen molar-refractivity contribution < 1.29 is 24.2 Å². The number of nitrogens with zero attached hydrogens (tertiary/aromatic N) is 3. The van der Waals surface area contributed by atoms with Gasteiger partial charge in [-0.1, -0.05) is 70.9 Å². The number of rotatable bonds is 13. The van der Waals surface area contributed by atoms with Crippen LogP contribution in [0, 0.1) is 25.2 Å². The number of ether oxygens (including phenoxy) is 1. The molecule has 52 heavy (non-hydrogen) atoms. The number of nitrogens with two attached hydrogens (primary N) is 1. The molecule has 0 spiro atoms. The number of carbonyl (C=O) groups is 3. The number of amides is 3. The number of hydrogen-bond donors (Lipinski definition) is 5. The van der Waals surface area contributed by atoms with Crippen LogP contribution in [0.5, 0.6) is 5.75 Å². The number of aromatic nitrogens is 1. The van der Waals surface area contributed by atoms with Gasteiger partial charge in [0.05, 0.1) is 30.7 Å². The molecule has 0 bridgehead atoms. The molecule has 284 valence electrons. The number of benzene rings is 1. The van der Waals surface area contributed by atoms with Crippen molar-refractivity contribution in [2.75, 3.05) is 33.1 Å². The summed E-state index contributed by atoms with van der Waals surface area (Å²) in [5.74, 6) is 0.434. The molecule has 1 saturated carbocycles. The molecule has 1 aromatic heterocycles. The molecule has 2 aromatic rings. The van der Waals surface area contributed by atoms with Gasteiger partial charge in [0.15, 0.2) is 0 Å². The van der Waals surface area contributed by atoms with Gasteiger partial charge in [0.25, 0.3) is 5.91 Å². The largest absolute Gasteiger partial charge is 0.494 e. The van der Waals surface area contributed by atoms with Gasteiger partial charge in [-0.15, -0.1) is 0 Å². The van der Waals surface area contributed by atoms with Gasteiger partial charge in [-0.2, -0.15) is 4.99 Å². The van der Waals surface area contributed by atoms with E-state index in [0.717, 1.165) is 22.7 Å². The normalized spacial score (nSPS) is 12.7. The predicted octanol–water partition coefficient (Wildman–Crippen LogP) is 6.29. The monoisotopic (exact) mass is 717 g/mol. The van der Waals surface area contributed by atoms with Gasteiger partial charge in [0.2, 0.25) is 12.3 Å². The van der Waals surface area contributed by atoms with E-state index in [1.807, 2.05) is 32.0 Å². The minimum atomic E-state index is -0.681. The van der Waals surface area contributed by atoms with Crippen LogP contribution < -0.4 is 21.1 Å². The van der Waals surface area contributed by atoms with E-state index in [1.165, 1.54) is 39.5 Å². The fraction of sp³-hybridized carbons (Fsp3) is 0.400. The number of likely N-dealkylation sites (N-methyl/N-ethyl adjacent to an activating group) is 1. The molecule has 0 aliphatic heterocycles. The van der Waals surface area contributed by atoms with Crippen LogP contribution in [-0.4, -0.2) is 72.6 Å². The fourth-order valence-corrected chi connectivity index (χ4v) is 4.17. The van der Waals surface area contributed by atoms with Crippen LogP contribution in [0.15, 0.2) is 77.6 Å². The number of aryl methyl sites for hydroxylation is 2. The minimum absolute atomic E-state index is 0.0119. The molecule has 6 N–H and O–H groups in total. The summed E-state index contributed by atoms with van der Waals surface area (Å²) < 4.78 is 5.76. The molecule has 1 heterocycles. The van der Waals surface area contributed by atoms with Crippen LogP contribution in [0.25, 0.3) is 5.57 Å². The van der Waals surface area contributed by atoms with Crippen molar-refractivity contribution in [3.63, 3.8) is 0 Å². The number of aliphatic hydroxyl groups excluding tert-OH is 1. The Morgan fingerprint density at radius 3 is 2.27 bits per heavy atom. The predicted molar refractivity (Wildman–Crippen MR) is 213 cm³/mol. The van der Waals surface area contributed by atoms with E-state index in [9.17, 15) is 14.4 Å². The summed E-state index contributed by atoms with van der Waals surface area (Å²) in [6.45, 7) is 18.4. The minimum Gasteiger partial charge on any atom is -0.494 e. The first kappa shape index (κ1) is 46.6. The van der Waals surface area contributed by atoms with Gasteiger partial charge < -0.3 is 31.1 Å². The maximum absolute atomic E-state index is 13.1.